The van der Waals surface area contributed by atoms with E-state index in [0.717, 1.165) is 17.8 Å². The Hall–Kier alpha value is -0.303. The molecule has 1 heteroatoms. The summed E-state index contributed by atoms with van der Waals surface area (Å²) in [7, 11) is 0.244. The van der Waals surface area contributed by atoms with E-state index in [2.05, 4.69) is 38.2 Å². The SMILES string of the molecule is CCCC=CC1CCC(C=CC2CCC([SiH2]CCCCC)CC2)CC1. The fraction of sp³-hybridized carbons (Fsp3) is 0.833. The molecule has 0 spiro atoms. The van der Waals surface area contributed by atoms with Gasteiger partial charge in [0, 0.05) is 9.52 Å². The first-order chi connectivity index (χ1) is 12.3. The lowest BCUT2D eigenvalue weighted by Crippen LogP contribution is -2.15. The molecular formula is C24H44Si. The van der Waals surface area contributed by atoms with E-state index < -0.39 is 0 Å². The third kappa shape index (κ3) is 8.75. The molecule has 0 nitrogen and oxygen atoms in total. The number of hydrogen-bond acceptors (Lipinski definition) is 0. The second-order valence-electron chi connectivity index (χ2n) is 8.91. The third-order valence-electron chi connectivity index (χ3n) is 6.69. The van der Waals surface area contributed by atoms with E-state index in [4.69, 9.17) is 0 Å². The van der Waals surface area contributed by atoms with E-state index in [0.29, 0.717) is 0 Å². The minimum absolute atomic E-state index is 0.244. The van der Waals surface area contributed by atoms with Gasteiger partial charge >= 0.3 is 0 Å². The van der Waals surface area contributed by atoms with Gasteiger partial charge in [-0.25, -0.2) is 0 Å². The maximum Gasteiger partial charge on any atom is 0.0231 e. The topological polar surface area (TPSA) is 0 Å². The summed E-state index contributed by atoms with van der Waals surface area (Å²) in [6.45, 7) is 4.60. The van der Waals surface area contributed by atoms with Crippen molar-refractivity contribution in [2.75, 3.05) is 0 Å². The van der Waals surface area contributed by atoms with Gasteiger partial charge in [-0.05, 0) is 62.7 Å². The first kappa shape index (κ1) is 21.0. The van der Waals surface area contributed by atoms with Crippen LogP contribution in [-0.2, 0) is 0 Å². The Bertz CT molecular complexity index is 368. The average molecular weight is 361 g/mol. The molecule has 0 heterocycles. The monoisotopic (exact) mass is 360 g/mol. The molecule has 2 aliphatic rings. The highest BCUT2D eigenvalue weighted by atomic mass is 28.2. The summed E-state index contributed by atoms with van der Waals surface area (Å²) < 4.78 is 0. The van der Waals surface area contributed by atoms with Crippen LogP contribution < -0.4 is 0 Å². The predicted octanol–water partition coefficient (Wildman–Crippen LogP) is 7.46. The Balaban J connectivity index is 1.57. The smallest absolute Gasteiger partial charge is 0.0231 e. The van der Waals surface area contributed by atoms with Crippen LogP contribution >= 0.6 is 0 Å². The van der Waals surface area contributed by atoms with Crippen LogP contribution in [-0.4, -0.2) is 9.52 Å². The quantitative estimate of drug-likeness (QED) is 0.215. The van der Waals surface area contributed by atoms with E-state index in [-0.39, 0.29) is 9.52 Å². The molecule has 144 valence electrons. The molecule has 0 radical (unpaired) electrons. The minimum Gasteiger partial charge on any atom is -0.0883 e. The van der Waals surface area contributed by atoms with E-state index in [9.17, 15) is 0 Å². The van der Waals surface area contributed by atoms with Gasteiger partial charge in [-0.2, -0.15) is 0 Å². The van der Waals surface area contributed by atoms with Crippen LogP contribution in [0.1, 0.15) is 97.3 Å². The average Bonchev–Trinajstić information content (AvgIpc) is 2.66. The zero-order valence-corrected chi connectivity index (χ0v) is 18.6. The Kier molecular flexibility index (Phi) is 10.9. The summed E-state index contributed by atoms with van der Waals surface area (Å²) in [6.07, 6.45) is 28.9. The van der Waals surface area contributed by atoms with Crippen molar-refractivity contribution < 1.29 is 0 Å². The summed E-state index contributed by atoms with van der Waals surface area (Å²) in [5.74, 6) is 2.68. The fourth-order valence-electron chi connectivity index (χ4n) is 4.83. The number of allylic oxidation sites excluding steroid dienone is 4. The summed E-state index contributed by atoms with van der Waals surface area (Å²) >= 11 is 0. The highest BCUT2D eigenvalue weighted by molar-refractivity contribution is 6.37. The van der Waals surface area contributed by atoms with Gasteiger partial charge in [-0.1, -0.05) is 88.3 Å². The van der Waals surface area contributed by atoms with Crippen molar-refractivity contribution in [3.63, 3.8) is 0 Å². The molecule has 0 aromatic rings. The summed E-state index contributed by atoms with van der Waals surface area (Å²) in [4.78, 5) is 0. The maximum atomic E-state index is 2.63. The van der Waals surface area contributed by atoms with Crippen LogP contribution in [0, 0.1) is 17.8 Å². The molecule has 2 aliphatic carbocycles. The Morgan fingerprint density at radius 1 is 0.680 bits per heavy atom. The Labute approximate surface area is 160 Å². The van der Waals surface area contributed by atoms with Crippen molar-refractivity contribution in [3.05, 3.63) is 24.3 Å². The molecule has 25 heavy (non-hydrogen) atoms. The van der Waals surface area contributed by atoms with Crippen molar-refractivity contribution in [1.29, 1.82) is 0 Å². The van der Waals surface area contributed by atoms with Crippen molar-refractivity contribution in [3.8, 4) is 0 Å². The molecule has 0 N–H and O–H groups in total. The summed E-state index contributed by atoms with van der Waals surface area (Å²) in [5, 5.41) is 0. The zero-order valence-electron chi connectivity index (χ0n) is 17.2. The van der Waals surface area contributed by atoms with E-state index in [1.54, 1.807) is 18.9 Å². The Morgan fingerprint density at radius 2 is 1.24 bits per heavy atom. The zero-order chi connectivity index (χ0) is 17.7. The molecule has 0 amide bonds. The summed E-state index contributed by atoms with van der Waals surface area (Å²) in [5.41, 5.74) is 1.19. The van der Waals surface area contributed by atoms with Crippen molar-refractivity contribution in [1.82, 2.24) is 0 Å². The standard InChI is InChI=1S/C24H44Si/c1-3-5-7-9-21-10-12-22(13-11-21)14-15-23-16-18-24(19-17-23)25-20-8-6-4-2/h7,9,14-15,21-24H,3-6,8,10-13,16-20,25H2,1-2H3. The molecule has 2 saturated carbocycles. The summed E-state index contributed by atoms with van der Waals surface area (Å²) in [6, 6.07) is 1.62. The van der Waals surface area contributed by atoms with Crippen molar-refractivity contribution in [2.24, 2.45) is 17.8 Å². The molecule has 0 unspecified atom stereocenters. The largest absolute Gasteiger partial charge is 0.0883 e. The lowest BCUT2D eigenvalue weighted by atomic mass is 9.80. The highest BCUT2D eigenvalue weighted by Crippen LogP contribution is 2.35. The van der Waals surface area contributed by atoms with Crippen LogP contribution in [0.25, 0.3) is 0 Å². The van der Waals surface area contributed by atoms with Crippen LogP contribution in [0.4, 0.5) is 0 Å². The van der Waals surface area contributed by atoms with E-state index in [1.807, 2.05) is 0 Å². The van der Waals surface area contributed by atoms with Gasteiger partial charge in [-0.15, -0.1) is 0 Å². The van der Waals surface area contributed by atoms with Crippen LogP contribution in [0.2, 0.25) is 11.6 Å². The Morgan fingerprint density at radius 3 is 1.80 bits per heavy atom. The molecule has 2 rings (SSSR count). The van der Waals surface area contributed by atoms with Crippen molar-refractivity contribution in [2.45, 2.75) is 109 Å². The molecule has 2 fully saturated rings. The maximum absolute atomic E-state index is 2.63. The van der Waals surface area contributed by atoms with Crippen LogP contribution in [0.5, 0.6) is 0 Å². The second-order valence-corrected chi connectivity index (χ2v) is 11.3. The number of rotatable bonds is 10. The van der Waals surface area contributed by atoms with Crippen LogP contribution in [0.15, 0.2) is 24.3 Å². The molecule has 0 aromatic carbocycles. The molecule has 0 aromatic heterocycles. The first-order valence-corrected chi connectivity index (χ1v) is 13.5. The highest BCUT2D eigenvalue weighted by Gasteiger charge is 2.21. The molecule has 0 atom stereocenters. The van der Waals surface area contributed by atoms with Gasteiger partial charge in [-0.3, -0.25) is 0 Å². The molecule has 0 bridgehead atoms. The second kappa shape index (κ2) is 13.0. The molecule has 0 saturated heterocycles. The van der Waals surface area contributed by atoms with Crippen molar-refractivity contribution >= 4 is 9.52 Å². The van der Waals surface area contributed by atoms with E-state index in [1.165, 1.54) is 76.2 Å². The first-order valence-electron chi connectivity index (χ1n) is 11.7. The number of unbranched alkanes of at least 4 members (excludes halogenated alkanes) is 3. The van der Waals surface area contributed by atoms with Gasteiger partial charge in [0.15, 0.2) is 0 Å². The lowest BCUT2D eigenvalue weighted by molar-refractivity contribution is 0.352. The van der Waals surface area contributed by atoms with Gasteiger partial charge in [0.05, 0.1) is 0 Å². The lowest BCUT2D eigenvalue weighted by Gasteiger charge is -2.28. The van der Waals surface area contributed by atoms with Gasteiger partial charge in [0.1, 0.15) is 0 Å². The fourth-order valence-corrected chi connectivity index (χ4v) is 7.10. The minimum atomic E-state index is 0.244. The van der Waals surface area contributed by atoms with Gasteiger partial charge in [0.2, 0.25) is 0 Å². The number of hydrogen-bond donors (Lipinski definition) is 0. The van der Waals surface area contributed by atoms with E-state index >= 15 is 0 Å². The predicted molar refractivity (Wildman–Crippen MR) is 117 cm³/mol. The third-order valence-corrected chi connectivity index (χ3v) is 9.23. The molecule has 0 aliphatic heterocycles. The van der Waals surface area contributed by atoms with Gasteiger partial charge < -0.3 is 0 Å². The normalized spacial score (nSPS) is 31.6. The van der Waals surface area contributed by atoms with Gasteiger partial charge in [0.25, 0.3) is 0 Å². The van der Waals surface area contributed by atoms with Crippen LogP contribution in [0.3, 0.4) is 0 Å². The molecular weight excluding hydrogens is 316 g/mol.